The first-order valence-electron chi connectivity index (χ1n) is 29.5. The Bertz CT molecular complexity index is 3480. The number of aryl methyl sites for hydroxylation is 1. The number of carbonyl (C=O) groups excluding carboxylic acids is 4. The summed E-state index contributed by atoms with van der Waals surface area (Å²) in [6.45, 7) is 8.97. The number of aliphatic hydroxyl groups excluding tert-OH is 2. The van der Waals surface area contributed by atoms with Crippen LogP contribution in [0, 0.1) is 29.6 Å². The molecule has 1 saturated carbocycles. The zero-order valence-electron chi connectivity index (χ0n) is 48.3. The highest BCUT2D eigenvalue weighted by molar-refractivity contribution is 7.13. The van der Waals surface area contributed by atoms with E-state index in [1.807, 2.05) is 117 Å². The molecule has 1 aliphatic carbocycles. The maximum Gasteiger partial charge on any atom is 0.246 e. The first kappa shape index (κ1) is 59.9. The molecule has 3 atom stereocenters. The van der Waals surface area contributed by atoms with Gasteiger partial charge in [0.2, 0.25) is 23.6 Å². The SMILES string of the molecule is Cc1ncsc1-c1ccc(CNC(=O)[C@@H]2C[C@@H](O)CN2C(=O)[C@@H](NC(=O)CCCCCCC(=O)NCCCCC#Cc2cccc(Cn3c(-c4ccccc4)c(-c4ccccc4)c4c(=N)n(C5CCC(O)CC5)cnc43)c2)C(C)(C)C)cc1. The number of β-amino-alcohol motifs (C(OH)–C–C–N with tert-alkyl or cyclic N) is 1. The number of hydrogen-bond donors (Lipinski definition) is 6. The van der Waals surface area contributed by atoms with Crippen molar-refractivity contribution in [3.05, 3.63) is 149 Å². The van der Waals surface area contributed by atoms with Crippen molar-refractivity contribution >= 4 is 46.0 Å². The Morgan fingerprint density at radius 3 is 2.14 bits per heavy atom. The molecule has 4 aromatic carbocycles. The van der Waals surface area contributed by atoms with Gasteiger partial charge in [-0.3, -0.25) is 24.6 Å². The number of likely N-dealkylation sites (tertiary alicyclic amines) is 1. The van der Waals surface area contributed by atoms with E-state index in [1.165, 1.54) is 4.90 Å². The molecule has 2 fully saturated rings. The second-order valence-electron chi connectivity index (χ2n) is 23.4. The van der Waals surface area contributed by atoms with Gasteiger partial charge in [0.1, 0.15) is 23.2 Å². The zero-order valence-corrected chi connectivity index (χ0v) is 49.1. The number of nitrogens with zero attached hydrogens (tertiary/aromatic N) is 5. The molecule has 83 heavy (non-hydrogen) atoms. The van der Waals surface area contributed by atoms with E-state index in [1.54, 1.807) is 11.3 Å². The Morgan fingerprint density at radius 2 is 1.46 bits per heavy atom. The third-order valence-electron chi connectivity index (χ3n) is 16.0. The Hall–Kier alpha value is -7.71. The lowest BCUT2D eigenvalue weighted by molar-refractivity contribution is -0.144. The molecule has 434 valence electrons. The lowest BCUT2D eigenvalue weighted by atomic mass is 9.85. The topological polar surface area (TPSA) is 208 Å². The molecule has 0 bridgehead atoms. The van der Waals surface area contributed by atoms with Gasteiger partial charge in [0.15, 0.2) is 0 Å². The molecule has 15 nitrogen and oxygen atoms in total. The van der Waals surface area contributed by atoms with Crippen molar-refractivity contribution in [3.8, 4) is 44.7 Å². The van der Waals surface area contributed by atoms with Crippen molar-refractivity contribution in [1.29, 1.82) is 5.41 Å². The quantitative estimate of drug-likeness (QED) is 0.0284. The van der Waals surface area contributed by atoms with E-state index in [9.17, 15) is 34.8 Å². The maximum atomic E-state index is 14.1. The maximum absolute atomic E-state index is 14.1. The number of nitrogens with one attached hydrogen (secondary N) is 4. The summed E-state index contributed by atoms with van der Waals surface area (Å²) >= 11 is 1.58. The van der Waals surface area contributed by atoms with Gasteiger partial charge in [0.25, 0.3) is 0 Å². The standard InChI is InChI=1S/C67H79N9O6S/c1-45-61(83-44-72-45)51-31-29-47(30-32-51)40-70-65(81)55-39-54(78)42-74(55)66(82)62(67(2,3)4)73-57(80)28-17-6-5-16-27-56(79)69-37-18-8-7-11-20-46-21-19-22-48(38-46)41-75-60(50-25-14-10-15-26-50)58(49-23-12-9-13-24-49)59-63(68)76(43-71-64(59)75)52-33-35-53(77)36-34-52/h9-10,12-15,19,21-26,29-32,38,43-44,52-55,62,68,77-78H,5-8,16-18,27-28,33-37,39-42H2,1-4H3,(H,69,79)(H,70,81)(H,73,80)/t52?,53?,54-,55+,62-/m1/s1. The number of aromatic nitrogens is 4. The van der Waals surface area contributed by atoms with E-state index < -0.39 is 29.5 Å². The summed E-state index contributed by atoms with van der Waals surface area (Å²) in [4.78, 5) is 65.5. The Morgan fingerprint density at radius 1 is 0.759 bits per heavy atom. The minimum atomic E-state index is -0.894. The van der Waals surface area contributed by atoms with Crippen LogP contribution in [-0.2, 0) is 32.3 Å². The first-order valence-corrected chi connectivity index (χ1v) is 30.4. The molecule has 1 aliphatic heterocycles. The molecule has 4 heterocycles. The van der Waals surface area contributed by atoms with Crippen molar-refractivity contribution in [3.63, 3.8) is 0 Å². The fourth-order valence-corrected chi connectivity index (χ4v) is 12.3. The zero-order chi connectivity index (χ0) is 58.5. The average Bonchev–Trinajstić information content (AvgIpc) is 4.37. The summed E-state index contributed by atoms with van der Waals surface area (Å²) in [7, 11) is 0. The van der Waals surface area contributed by atoms with Crippen molar-refractivity contribution in [2.45, 2.75) is 161 Å². The molecule has 4 amide bonds. The van der Waals surface area contributed by atoms with E-state index in [0.29, 0.717) is 57.1 Å². The summed E-state index contributed by atoms with van der Waals surface area (Å²) in [6.07, 6.45) is 9.68. The van der Waals surface area contributed by atoms with Crippen molar-refractivity contribution < 1.29 is 29.4 Å². The largest absolute Gasteiger partial charge is 0.393 e. The molecule has 0 unspecified atom stereocenters. The molecule has 0 radical (unpaired) electrons. The first-order chi connectivity index (χ1) is 40.1. The molecular formula is C67H79N9O6S. The van der Waals surface area contributed by atoms with Crippen LogP contribution in [0.2, 0.25) is 0 Å². The van der Waals surface area contributed by atoms with Crippen molar-refractivity contribution in [1.82, 2.24) is 40.0 Å². The van der Waals surface area contributed by atoms with Crippen LogP contribution in [0.15, 0.2) is 121 Å². The number of unbranched alkanes of at least 4 members (excludes halogenated alkanes) is 5. The lowest BCUT2D eigenvalue weighted by Gasteiger charge is -2.35. The van der Waals surface area contributed by atoms with Crippen LogP contribution in [0.1, 0.15) is 139 Å². The summed E-state index contributed by atoms with van der Waals surface area (Å²) in [5.74, 6) is 5.72. The highest BCUT2D eigenvalue weighted by Crippen LogP contribution is 2.40. The summed E-state index contributed by atoms with van der Waals surface area (Å²) in [5.41, 5.74) is 11.3. The minimum Gasteiger partial charge on any atom is -0.393 e. The third kappa shape index (κ3) is 15.3. The predicted octanol–water partition coefficient (Wildman–Crippen LogP) is 10.4. The minimum absolute atomic E-state index is 0.00721. The van der Waals surface area contributed by atoms with E-state index >= 15 is 0 Å². The van der Waals surface area contributed by atoms with Gasteiger partial charge < -0.3 is 40.2 Å². The molecule has 9 rings (SSSR count). The van der Waals surface area contributed by atoms with Gasteiger partial charge in [0.05, 0.1) is 45.7 Å². The second kappa shape index (κ2) is 28.0. The van der Waals surface area contributed by atoms with Crippen LogP contribution in [-0.4, -0.2) is 95.2 Å². The van der Waals surface area contributed by atoms with Crippen molar-refractivity contribution in [2.75, 3.05) is 13.1 Å². The van der Waals surface area contributed by atoms with Crippen LogP contribution in [0.25, 0.3) is 43.9 Å². The normalized spacial score (nSPS) is 17.4. The van der Waals surface area contributed by atoms with Gasteiger partial charge in [0, 0.05) is 69.0 Å². The molecule has 1 saturated heterocycles. The number of thiazole rings is 1. The van der Waals surface area contributed by atoms with E-state index in [4.69, 9.17) is 4.98 Å². The third-order valence-corrected chi connectivity index (χ3v) is 17.0. The van der Waals surface area contributed by atoms with Gasteiger partial charge in [-0.1, -0.05) is 143 Å². The van der Waals surface area contributed by atoms with Crippen LogP contribution >= 0.6 is 11.3 Å². The van der Waals surface area contributed by atoms with E-state index in [0.717, 1.165) is 105 Å². The molecule has 0 spiro atoms. The fourth-order valence-electron chi connectivity index (χ4n) is 11.5. The molecule has 3 aromatic heterocycles. The second-order valence-corrected chi connectivity index (χ2v) is 24.2. The Balaban J connectivity index is 0.700. The summed E-state index contributed by atoms with van der Waals surface area (Å²) < 4.78 is 4.25. The monoisotopic (exact) mass is 1140 g/mol. The van der Waals surface area contributed by atoms with Crippen LogP contribution in [0.3, 0.4) is 0 Å². The molecule has 2 aliphatic rings. The van der Waals surface area contributed by atoms with Crippen LogP contribution in [0.4, 0.5) is 0 Å². The molecular weight excluding hydrogens is 1060 g/mol. The Kier molecular flexibility index (Phi) is 20.2. The number of benzene rings is 4. The number of rotatable bonds is 22. The number of fused-ring (bicyclic) bond motifs is 1. The van der Waals surface area contributed by atoms with Gasteiger partial charge in [-0.25, -0.2) is 9.97 Å². The lowest BCUT2D eigenvalue weighted by Crippen LogP contribution is -2.57. The van der Waals surface area contributed by atoms with Crippen molar-refractivity contribution in [2.24, 2.45) is 5.41 Å². The van der Waals surface area contributed by atoms with Crippen LogP contribution in [0.5, 0.6) is 0 Å². The van der Waals surface area contributed by atoms with Gasteiger partial charge in [-0.2, -0.15) is 0 Å². The number of aliphatic hydroxyl groups is 2. The summed E-state index contributed by atoms with van der Waals surface area (Å²) in [5, 5.41) is 40.4. The molecule has 16 heteroatoms. The highest BCUT2D eigenvalue weighted by atomic mass is 32.1. The number of hydrogen-bond acceptors (Lipinski definition) is 10. The molecule has 6 N–H and O–H groups in total. The van der Waals surface area contributed by atoms with Gasteiger partial charge >= 0.3 is 0 Å². The Labute approximate surface area is 491 Å². The molecule has 7 aromatic rings. The highest BCUT2D eigenvalue weighted by Gasteiger charge is 2.44. The smallest absolute Gasteiger partial charge is 0.246 e. The van der Waals surface area contributed by atoms with Crippen LogP contribution < -0.4 is 21.4 Å². The van der Waals surface area contributed by atoms with E-state index in [-0.39, 0.29) is 55.8 Å². The van der Waals surface area contributed by atoms with Gasteiger partial charge in [-0.05, 0) is 104 Å². The van der Waals surface area contributed by atoms with Gasteiger partial charge in [-0.15, -0.1) is 11.3 Å². The fraction of sp³-hybridized carbons (Fsp3) is 0.418. The number of carbonyl (C=O) groups is 4. The average molecular weight is 1140 g/mol. The van der Waals surface area contributed by atoms with E-state index in [2.05, 4.69) is 73.7 Å². The predicted molar refractivity (Wildman–Crippen MR) is 327 cm³/mol. The summed E-state index contributed by atoms with van der Waals surface area (Å²) in [6, 6.07) is 35.2. The number of amides is 4.